The molecule has 1 aliphatic carbocycles. The summed E-state index contributed by atoms with van der Waals surface area (Å²) < 4.78 is 4.84. The normalized spacial score (nSPS) is 21.4. The fraction of sp³-hybridized carbons (Fsp3) is 0.818. The van der Waals surface area contributed by atoms with Crippen LogP contribution in [0.15, 0.2) is 12.2 Å². The molecule has 3 atom stereocenters. The summed E-state index contributed by atoms with van der Waals surface area (Å²) in [6.45, 7) is 4.38. The summed E-state index contributed by atoms with van der Waals surface area (Å²) in [7, 11) is 0. The third kappa shape index (κ3) is 9.51. The van der Waals surface area contributed by atoms with Crippen LogP contribution in [0.3, 0.4) is 0 Å². The Labute approximate surface area is 159 Å². The van der Waals surface area contributed by atoms with Crippen molar-refractivity contribution in [3.63, 3.8) is 0 Å². The molecule has 0 aromatic rings. The number of allylic oxidation sites excluding steroid dienone is 1. The highest BCUT2D eigenvalue weighted by Crippen LogP contribution is 2.36. The maximum Gasteiger partial charge on any atom is 0.330 e. The molecule has 1 fully saturated rings. The van der Waals surface area contributed by atoms with Gasteiger partial charge in [-0.3, -0.25) is 4.79 Å². The van der Waals surface area contributed by atoms with Gasteiger partial charge in [-0.2, -0.15) is 0 Å². The maximum atomic E-state index is 12.2. The number of rotatable bonds is 14. The van der Waals surface area contributed by atoms with Crippen molar-refractivity contribution in [3.05, 3.63) is 12.2 Å². The molecule has 4 heteroatoms. The van der Waals surface area contributed by atoms with Crippen LogP contribution >= 0.6 is 0 Å². The molecule has 0 aliphatic heterocycles. The van der Waals surface area contributed by atoms with E-state index in [2.05, 4.69) is 6.92 Å². The van der Waals surface area contributed by atoms with Gasteiger partial charge in [-0.25, -0.2) is 4.79 Å². The molecule has 150 valence electrons. The smallest absolute Gasteiger partial charge is 0.330 e. The molecule has 1 unspecified atom stereocenters. The number of carbonyl (C=O) groups excluding carboxylic acids is 2. The van der Waals surface area contributed by atoms with Gasteiger partial charge in [0.2, 0.25) is 0 Å². The predicted octanol–water partition coefficient (Wildman–Crippen LogP) is 4.98. The topological polar surface area (TPSA) is 63.6 Å². The van der Waals surface area contributed by atoms with Crippen LogP contribution in [0.5, 0.6) is 0 Å². The Morgan fingerprint density at radius 2 is 2.00 bits per heavy atom. The van der Waals surface area contributed by atoms with Crippen LogP contribution in [0.2, 0.25) is 0 Å². The number of ketones is 1. The molecule has 1 N–H and O–H groups in total. The SMILES string of the molecule is CCCCCC(O)CC[C@H]1CCC(=O)[C@@H]1CCCCC=CC(=O)OCC. The highest BCUT2D eigenvalue weighted by atomic mass is 16.5. The Bertz CT molecular complexity index is 430. The van der Waals surface area contributed by atoms with Crippen LogP contribution < -0.4 is 0 Å². The summed E-state index contributed by atoms with van der Waals surface area (Å²) in [6.07, 6.45) is 14.8. The van der Waals surface area contributed by atoms with Gasteiger partial charge in [-0.1, -0.05) is 38.7 Å². The molecule has 0 aromatic heterocycles. The molecule has 4 nitrogen and oxygen atoms in total. The van der Waals surface area contributed by atoms with Crippen molar-refractivity contribution in [3.8, 4) is 0 Å². The number of unbranched alkanes of at least 4 members (excludes halogenated alkanes) is 4. The lowest BCUT2D eigenvalue weighted by Gasteiger charge is -2.20. The monoisotopic (exact) mass is 366 g/mol. The Morgan fingerprint density at radius 3 is 2.73 bits per heavy atom. The first-order valence-electron chi connectivity index (χ1n) is 10.6. The molecule has 1 aliphatic rings. The van der Waals surface area contributed by atoms with Crippen molar-refractivity contribution < 1.29 is 19.4 Å². The summed E-state index contributed by atoms with van der Waals surface area (Å²) in [6, 6.07) is 0. The van der Waals surface area contributed by atoms with Crippen molar-refractivity contribution in [2.75, 3.05) is 6.61 Å². The molecule has 1 saturated carbocycles. The van der Waals surface area contributed by atoms with Crippen LogP contribution in [0.1, 0.15) is 90.9 Å². The number of esters is 1. The van der Waals surface area contributed by atoms with Gasteiger partial charge in [0.1, 0.15) is 5.78 Å². The lowest BCUT2D eigenvalue weighted by Crippen LogP contribution is -2.17. The minimum Gasteiger partial charge on any atom is -0.463 e. The first-order valence-corrected chi connectivity index (χ1v) is 10.6. The lowest BCUT2D eigenvalue weighted by molar-refractivity contribution is -0.137. The van der Waals surface area contributed by atoms with Gasteiger partial charge in [0.05, 0.1) is 12.7 Å². The van der Waals surface area contributed by atoms with Gasteiger partial charge >= 0.3 is 5.97 Å². The van der Waals surface area contributed by atoms with Crippen molar-refractivity contribution >= 4 is 11.8 Å². The molecule has 26 heavy (non-hydrogen) atoms. The minimum atomic E-state index is -0.281. The molecule has 0 spiro atoms. The zero-order valence-corrected chi connectivity index (χ0v) is 16.8. The first-order chi connectivity index (χ1) is 12.6. The number of hydrogen-bond acceptors (Lipinski definition) is 4. The second-order valence-electron chi connectivity index (χ2n) is 7.54. The second-order valence-corrected chi connectivity index (χ2v) is 7.54. The molecule has 0 amide bonds. The molecule has 0 heterocycles. The predicted molar refractivity (Wildman–Crippen MR) is 105 cm³/mol. The van der Waals surface area contributed by atoms with Crippen molar-refractivity contribution in [2.45, 2.75) is 97.0 Å². The van der Waals surface area contributed by atoms with Crippen LogP contribution in [0.25, 0.3) is 0 Å². The van der Waals surface area contributed by atoms with E-state index < -0.39 is 0 Å². The number of carbonyl (C=O) groups is 2. The number of aliphatic hydroxyl groups excluding tert-OH is 1. The van der Waals surface area contributed by atoms with Gasteiger partial charge in [-0.15, -0.1) is 0 Å². The number of ether oxygens (including phenoxy) is 1. The highest BCUT2D eigenvalue weighted by Gasteiger charge is 2.33. The quantitative estimate of drug-likeness (QED) is 0.267. The van der Waals surface area contributed by atoms with Gasteiger partial charge in [0.25, 0.3) is 0 Å². The third-order valence-electron chi connectivity index (χ3n) is 5.43. The Kier molecular flexibility index (Phi) is 12.3. The molecule has 0 aromatic carbocycles. The van der Waals surface area contributed by atoms with Gasteiger partial charge in [-0.05, 0) is 57.8 Å². The summed E-state index contributed by atoms with van der Waals surface area (Å²) in [5.74, 6) is 0.777. The number of hydrogen-bond donors (Lipinski definition) is 1. The van der Waals surface area contributed by atoms with Crippen molar-refractivity contribution in [1.82, 2.24) is 0 Å². The highest BCUT2D eigenvalue weighted by molar-refractivity contribution is 5.83. The standard InChI is InChI=1S/C22H38O4/c1-3-5-8-11-19(23)16-14-18-15-17-21(24)20(18)12-9-6-7-10-13-22(25)26-4-2/h10,13,18-20,23H,3-9,11-12,14-17H2,1-2H3/t18-,19?,20+/m0/s1. The lowest BCUT2D eigenvalue weighted by atomic mass is 9.86. The van der Waals surface area contributed by atoms with E-state index in [-0.39, 0.29) is 18.0 Å². The van der Waals surface area contributed by atoms with Crippen LogP contribution in [-0.4, -0.2) is 29.6 Å². The number of aliphatic hydroxyl groups is 1. The second kappa shape index (κ2) is 14.0. The third-order valence-corrected chi connectivity index (χ3v) is 5.43. The molecular formula is C22H38O4. The van der Waals surface area contributed by atoms with E-state index >= 15 is 0 Å². The van der Waals surface area contributed by atoms with Gasteiger partial charge in [0, 0.05) is 18.4 Å². The Balaban J connectivity index is 2.22. The van der Waals surface area contributed by atoms with Crippen LogP contribution in [0.4, 0.5) is 0 Å². The van der Waals surface area contributed by atoms with E-state index in [1.165, 1.54) is 18.9 Å². The Hall–Kier alpha value is -1.16. The van der Waals surface area contributed by atoms with Crippen molar-refractivity contribution in [1.29, 1.82) is 0 Å². The molecular weight excluding hydrogens is 328 g/mol. The summed E-state index contributed by atoms with van der Waals surface area (Å²) in [5, 5.41) is 10.1. The zero-order valence-electron chi connectivity index (χ0n) is 16.8. The van der Waals surface area contributed by atoms with Crippen LogP contribution in [0, 0.1) is 11.8 Å². The number of Topliss-reactive ketones (excluding diaryl/α,β-unsaturated/α-hetero) is 1. The van der Waals surface area contributed by atoms with E-state index in [1.54, 1.807) is 6.92 Å². The molecule has 0 bridgehead atoms. The zero-order chi connectivity index (χ0) is 19.2. The fourth-order valence-electron chi connectivity index (χ4n) is 3.90. The summed E-state index contributed by atoms with van der Waals surface area (Å²) in [5.41, 5.74) is 0. The van der Waals surface area contributed by atoms with E-state index in [4.69, 9.17) is 4.74 Å². The van der Waals surface area contributed by atoms with Crippen molar-refractivity contribution in [2.24, 2.45) is 11.8 Å². The Morgan fingerprint density at radius 1 is 1.19 bits per heavy atom. The van der Waals surface area contributed by atoms with Gasteiger partial charge in [0.15, 0.2) is 0 Å². The average molecular weight is 367 g/mol. The fourth-order valence-corrected chi connectivity index (χ4v) is 3.90. The average Bonchev–Trinajstić information content (AvgIpc) is 2.96. The van der Waals surface area contributed by atoms with Crippen LogP contribution in [-0.2, 0) is 14.3 Å². The van der Waals surface area contributed by atoms with E-state index in [9.17, 15) is 14.7 Å². The molecule has 1 rings (SSSR count). The molecule has 0 saturated heterocycles. The molecule has 0 radical (unpaired) electrons. The van der Waals surface area contributed by atoms with Gasteiger partial charge < -0.3 is 9.84 Å². The van der Waals surface area contributed by atoms with E-state index in [0.29, 0.717) is 24.7 Å². The van der Waals surface area contributed by atoms with E-state index in [1.807, 2.05) is 6.08 Å². The first kappa shape index (κ1) is 22.9. The largest absolute Gasteiger partial charge is 0.463 e. The van der Waals surface area contributed by atoms with E-state index in [0.717, 1.165) is 57.8 Å². The summed E-state index contributed by atoms with van der Waals surface area (Å²) >= 11 is 0. The minimum absolute atomic E-state index is 0.187. The maximum absolute atomic E-state index is 12.2. The summed E-state index contributed by atoms with van der Waals surface area (Å²) in [4.78, 5) is 23.4.